The van der Waals surface area contributed by atoms with Gasteiger partial charge in [-0.1, -0.05) is 57.3 Å². The number of allylic oxidation sites excluding steroid dienone is 1. The van der Waals surface area contributed by atoms with E-state index in [1.807, 2.05) is 61.2 Å². The quantitative estimate of drug-likeness (QED) is 0.268. The lowest BCUT2D eigenvalue weighted by molar-refractivity contribution is -0.131. The van der Waals surface area contributed by atoms with Crippen LogP contribution in [0, 0.1) is 18.8 Å². The van der Waals surface area contributed by atoms with Gasteiger partial charge in [0.05, 0.1) is 12.6 Å². The standard InChI is InChI=1S/C22H28FN2O2P.C17H24N4O2/c1-14-3-5-17(6-4-14)25-21(27)19(16-7-10-22(23,28)11-8-16)13-20(26)18-9-12-24-15(18)2;22-16(12-18-17(23)19-15-6-7-15)21-10-8-20(9-11-21)13-14-4-2-1-3-5-14/h3-6,9,12,15-16,19H,7-8,10-11,13,28H2,1-2H3,(H,25,27);1-5,15H,6-13H2,(H2,18,19,23)/t15?,16?,19-,22?;/m0./s1. The number of halogens is 1. The molecular formula is C39H52FN6O4P. The number of carbonyl (C=O) groups is 4. The molecule has 2 heterocycles. The third kappa shape index (κ3) is 12.1. The van der Waals surface area contributed by atoms with Crippen molar-refractivity contribution in [1.82, 2.24) is 20.4 Å². The Morgan fingerprint density at radius 3 is 2.24 bits per heavy atom. The Bertz CT molecular complexity index is 1560. The number of aliphatic imine (C=N–C) groups is 1. The highest BCUT2D eigenvalue weighted by Gasteiger charge is 2.38. The number of Topliss-reactive ketones (excluding diaryl/α,β-unsaturated/α-hetero) is 1. The van der Waals surface area contributed by atoms with E-state index in [1.165, 1.54) is 5.56 Å². The molecule has 6 rings (SSSR count). The van der Waals surface area contributed by atoms with E-state index in [1.54, 1.807) is 12.3 Å². The maximum absolute atomic E-state index is 14.2. The van der Waals surface area contributed by atoms with Gasteiger partial charge in [-0.3, -0.25) is 24.3 Å². The van der Waals surface area contributed by atoms with E-state index < -0.39 is 11.3 Å². The summed E-state index contributed by atoms with van der Waals surface area (Å²) in [5, 5.41) is 7.16. The maximum Gasteiger partial charge on any atom is 0.315 e. The Morgan fingerprint density at radius 1 is 0.961 bits per heavy atom. The van der Waals surface area contributed by atoms with E-state index in [-0.39, 0.29) is 48.6 Å². The Balaban J connectivity index is 0.000000201. The number of hydrogen-bond donors (Lipinski definition) is 3. The number of alkyl halides is 1. The normalized spacial score (nSPS) is 23.7. The first-order valence-corrected chi connectivity index (χ1v) is 18.7. The summed E-state index contributed by atoms with van der Waals surface area (Å²) in [5.74, 6) is -0.683. The van der Waals surface area contributed by atoms with Crippen LogP contribution in [-0.4, -0.2) is 89.9 Å². The van der Waals surface area contributed by atoms with Gasteiger partial charge in [-0.05, 0) is 82.1 Å². The highest BCUT2D eigenvalue weighted by molar-refractivity contribution is 7.18. The Kier molecular flexibility index (Phi) is 13.5. The predicted molar refractivity (Wildman–Crippen MR) is 202 cm³/mol. The maximum atomic E-state index is 14.2. The fraction of sp³-hybridized carbons (Fsp3) is 0.513. The Labute approximate surface area is 303 Å². The van der Waals surface area contributed by atoms with Gasteiger partial charge in [-0.2, -0.15) is 0 Å². The van der Waals surface area contributed by atoms with Crippen LogP contribution in [0.2, 0.25) is 0 Å². The molecule has 4 aliphatic rings. The average molecular weight is 719 g/mol. The summed E-state index contributed by atoms with van der Waals surface area (Å²) in [5.41, 5.74) is 3.77. The second-order valence-electron chi connectivity index (χ2n) is 14.3. The summed E-state index contributed by atoms with van der Waals surface area (Å²) in [6.07, 6.45) is 7.60. The molecule has 2 saturated carbocycles. The fourth-order valence-corrected chi connectivity index (χ4v) is 7.05. The highest BCUT2D eigenvalue weighted by Crippen LogP contribution is 2.43. The molecule has 3 N–H and O–H groups in total. The summed E-state index contributed by atoms with van der Waals surface area (Å²) in [4.78, 5) is 58.0. The van der Waals surface area contributed by atoms with Crippen LogP contribution in [-0.2, 0) is 20.9 Å². The van der Waals surface area contributed by atoms with Crippen molar-refractivity contribution in [3.63, 3.8) is 0 Å². The van der Waals surface area contributed by atoms with Gasteiger partial charge in [0.25, 0.3) is 0 Å². The Hall–Kier alpha value is -3.95. The lowest BCUT2D eigenvalue weighted by Gasteiger charge is -2.35. The Morgan fingerprint density at radius 2 is 1.63 bits per heavy atom. The molecule has 2 unspecified atom stereocenters. The molecule has 0 spiro atoms. The lowest BCUT2D eigenvalue weighted by Crippen LogP contribution is -2.51. The molecule has 3 atom stereocenters. The van der Waals surface area contributed by atoms with Crippen LogP contribution in [0.1, 0.15) is 63.0 Å². The van der Waals surface area contributed by atoms with Crippen molar-refractivity contribution < 1.29 is 23.6 Å². The zero-order valence-electron chi connectivity index (χ0n) is 29.8. The minimum Gasteiger partial charge on any atom is -0.339 e. The molecule has 1 saturated heterocycles. The number of aryl methyl sites for hydroxylation is 1. The zero-order chi connectivity index (χ0) is 36.4. The van der Waals surface area contributed by atoms with Gasteiger partial charge in [0.2, 0.25) is 11.8 Å². The van der Waals surface area contributed by atoms with Gasteiger partial charge in [0.1, 0.15) is 5.41 Å². The van der Waals surface area contributed by atoms with Crippen LogP contribution in [0.3, 0.4) is 0 Å². The smallest absolute Gasteiger partial charge is 0.315 e. The van der Waals surface area contributed by atoms with Gasteiger partial charge < -0.3 is 20.9 Å². The van der Waals surface area contributed by atoms with E-state index in [9.17, 15) is 23.6 Å². The summed E-state index contributed by atoms with van der Waals surface area (Å²) in [6, 6.07) is 17.9. The molecule has 2 aliphatic carbocycles. The number of hydrogen-bond acceptors (Lipinski definition) is 6. The number of ketones is 1. The number of carbonyl (C=O) groups excluding carboxylic acids is 4. The fourth-order valence-electron chi connectivity index (χ4n) is 6.71. The third-order valence-electron chi connectivity index (χ3n) is 10.1. The van der Waals surface area contributed by atoms with E-state index in [2.05, 4.69) is 47.2 Å². The topological polar surface area (TPSA) is 123 Å². The second kappa shape index (κ2) is 18.0. The van der Waals surface area contributed by atoms with Crippen molar-refractivity contribution >= 4 is 44.8 Å². The number of nitrogens with one attached hydrogen (secondary N) is 3. The first-order chi connectivity index (χ1) is 24.5. The van der Waals surface area contributed by atoms with Gasteiger partial charge in [0, 0.05) is 68.6 Å². The molecule has 12 heteroatoms. The summed E-state index contributed by atoms with van der Waals surface area (Å²) < 4.78 is 14.2. The van der Waals surface area contributed by atoms with Crippen molar-refractivity contribution in [3.05, 3.63) is 77.4 Å². The molecule has 2 aromatic carbocycles. The van der Waals surface area contributed by atoms with Crippen molar-refractivity contribution in [2.75, 3.05) is 38.0 Å². The second-order valence-corrected chi connectivity index (χ2v) is 15.3. The minimum absolute atomic E-state index is 0.00273. The first-order valence-electron chi connectivity index (χ1n) is 18.2. The molecule has 10 nitrogen and oxygen atoms in total. The molecule has 4 amide bonds. The summed E-state index contributed by atoms with van der Waals surface area (Å²) in [6.45, 7) is 8.04. The molecular weight excluding hydrogens is 666 g/mol. The van der Waals surface area contributed by atoms with E-state index >= 15 is 0 Å². The number of rotatable bonds is 11. The van der Waals surface area contributed by atoms with Gasteiger partial charge in [-0.25, -0.2) is 9.18 Å². The van der Waals surface area contributed by atoms with Crippen molar-refractivity contribution in [2.45, 2.75) is 82.8 Å². The SMILES string of the molecule is Cc1ccc(NC(=O)[C@@H](CC(=O)C2=CC=NC2C)C2CCC(F)(P)CC2)cc1.O=C(NCC(=O)N1CCN(Cc2ccccc2)CC1)NC1CC1. The predicted octanol–water partition coefficient (Wildman–Crippen LogP) is 5.43. The van der Waals surface area contributed by atoms with E-state index in [0.29, 0.717) is 43.0 Å². The molecule has 274 valence electrons. The molecule has 0 aromatic heterocycles. The number of amides is 4. The van der Waals surface area contributed by atoms with Crippen molar-refractivity contribution in [3.8, 4) is 0 Å². The highest BCUT2D eigenvalue weighted by atomic mass is 31.0. The van der Waals surface area contributed by atoms with E-state index in [4.69, 9.17) is 0 Å². The summed E-state index contributed by atoms with van der Waals surface area (Å²) in [7, 11) is 2.29. The van der Waals surface area contributed by atoms with Gasteiger partial charge in [-0.15, -0.1) is 0 Å². The van der Waals surface area contributed by atoms with Crippen LogP contribution >= 0.6 is 9.24 Å². The number of benzene rings is 2. The van der Waals surface area contributed by atoms with Crippen LogP contribution in [0.4, 0.5) is 14.9 Å². The first kappa shape index (κ1) is 38.3. The van der Waals surface area contributed by atoms with Crippen LogP contribution < -0.4 is 16.0 Å². The molecule has 3 fully saturated rings. The number of nitrogens with zero attached hydrogens (tertiary/aromatic N) is 3. The van der Waals surface area contributed by atoms with Gasteiger partial charge in [0.15, 0.2) is 5.78 Å². The van der Waals surface area contributed by atoms with Crippen LogP contribution in [0.25, 0.3) is 0 Å². The molecule has 2 aromatic rings. The minimum atomic E-state index is -1.26. The monoisotopic (exact) mass is 718 g/mol. The zero-order valence-corrected chi connectivity index (χ0v) is 30.9. The largest absolute Gasteiger partial charge is 0.339 e. The van der Waals surface area contributed by atoms with Gasteiger partial charge >= 0.3 is 6.03 Å². The van der Waals surface area contributed by atoms with Crippen molar-refractivity contribution in [2.24, 2.45) is 16.8 Å². The van der Waals surface area contributed by atoms with Crippen molar-refractivity contribution in [1.29, 1.82) is 0 Å². The molecule has 2 aliphatic heterocycles. The molecule has 0 radical (unpaired) electrons. The number of urea groups is 1. The lowest BCUT2D eigenvalue weighted by atomic mass is 9.76. The van der Waals surface area contributed by atoms with Crippen LogP contribution in [0.15, 0.2) is 71.2 Å². The third-order valence-corrected chi connectivity index (χ3v) is 10.7. The van der Waals surface area contributed by atoms with Crippen LogP contribution in [0.5, 0.6) is 0 Å². The van der Waals surface area contributed by atoms with E-state index in [0.717, 1.165) is 51.1 Å². The number of piperazine rings is 1. The molecule has 0 bridgehead atoms. The molecule has 51 heavy (non-hydrogen) atoms. The average Bonchev–Trinajstić information content (AvgIpc) is 3.83. The number of anilines is 1. The summed E-state index contributed by atoms with van der Waals surface area (Å²) >= 11 is 0.